The van der Waals surface area contributed by atoms with Gasteiger partial charge in [-0.25, -0.2) is 0 Å². The Labute approximate surface area is 194 Å². The fourth-order valence-corrected chi connectivity index (χ4v) is 14.9. The lowest BCUT2D eigenvalue weighted by Gasteiger charge is -2.66. The van der Waals surface area contributed by atoms with E-state index in [0.717, 1.165) is 11.6 Å². The van der Waals surface area contributed by atoms with Gasteiger partial charge in [0.2, 0.25) is 0 Å². The number of piperidine rings is 3. The van der Waals surface area contributed by atoms with Crippen molar-refractivity contribution in [3.63, 3.8) is 0 Å². The Kier molecular flexibility index (Phi) is 4.97. The molecule has 5 heteroatoms. The smallest absolute Gasteiger partial charge is 0.186 e. The van der Waals surface area contributed by atoms with Crippen molar-refractivity contribution in [2.24, 2.45) is 0 Å². The van der Waals surface area contributed by atoms with Crippen LogP contribution in [0.1, 0.15) is 50.0 Å². The van der Waals surface area contributed by atoms with Crippen molar-refractivity contribution < 1.29 is 0 Å². The molecular weight excluding hydrogens is 409 g/mol. The minimum Gasteiger partial charge on any atom is -0.307 e. The third-order valence-corrected chi connectivity index (χ3v) is 14.5. The van der Waals surface area contributed by atoms with E-state index < -0.39 is 10.0 Å². The lowest BCUT2D eigenvalue weighted by molar-refractivity contribution is 0.397. The van der Waals surface area contributed by atoms with Gasteiger partial charge in [0.15, 0.2) is 6.71 Å². The highest BCUT2D eigenvalue weighted by Crippen LogP contribution is 2.80. The molecule has 5 aliphatic rings. The molecule has 0 saturated carbocycles. The van der Waals surface area contributed by atoms with Crippen LogP contribution in [-0.4, -0.2) is 42.5 Å². The zero-order chi connectivity index (χ0) is 21.1. The van der Waals surface area contributed by atoms with Crippen molar-refractivity contribution in [3.8, 4) is 0 Å². The van der Waals surface area contributed by atoms with Gasteiger partial charge in [-0.1, -0.05) is 66.8 Å². The highest BCUT2D eigenvalue weighted by atomic mass is 32.3. The molecule has 2 aromatic carbocycles. The summed E-state index contributed by atoms with van der Waals surface area (Å²) in [4.78, 5) is 1.75. The van der Waals surface area contributed by atoms with Crippen LogP contribution >= 0.6 is 10.0 Å². The van der Waals surface area contributed by atoms with Gasteiger partial charge in [0.25, 0.3) is 0 Å². The average molecular weight is 445 g/mol. The van der Waals surface area contributed by atoms with Crippen LogP contribution in [0.5, 0.6) is 0 Å². The highest BCUT2D eigenvalue weighted by molar-refractivity contribution is 8.35. The Hall–Kier alpha value is -1.27. The third kappa shape index (κ3) is 2.68. The molecule has 6 unspecified atom stereocenters. The van der Waals surface area contributed by atoms with E-state index in [0.29, 0.717) is 28.8 Å². The lowest BCUT2D eigenvalue weighted by Crippen LogP contribution is -2.67. The second-order valence-corrected chi connectivity index (χ2v) is 14.2. The molecule has 0 amide bonds. The van der Waals surface area contributed by atoms with E-state index in [1.165, 1.54) is 58.2 Å². The summed E-state index contributed by atoms with van der Waals surface area (Å²) < 4.78 is 0. The molecule has 5 aliphatic heterocycles. The first-order valence-electron chi connectivity index (χ1n) is 13.0. The van der Waals surface area contributed by atoms with Gasteiger partial charge < -0.3 is 16.0 Å². The summed E-state index contributed by atoms with van der Waals surface area (Å²) in [7, 11) is -1.10. The molecule has 1 spiro atoms. The van der Waals surface area contributed by atoms with Crippen LogP contribution < -0.4 is 21.4 Å². The quantitative estimate of drug-likeness (QED) is 0.575. The molecule has 0 aliphatic carbocycles. The Bertz CT molecular complexity index is 960. The first-order valence-corrected chi connectivity index (χ1v) is 14.9. The molecule has 32 heavy (non-hydrogen) atoms. The summed E-state index contributed by atoms with van der Waals surface area (Å²) in [5, 5.41) is 14.5. The minimum atomic E-state index is -1.10. The van der Waals surface area contributed by atoms with E-state index in [4.69, 9.17) is 0 Å². The summed E-state index contributed by atoms with van der Waals surface area (Å²) in [6.45, 7) is 4.25. The van der Waals surface area contributed by atoms with Gasteiger partial charge in [-0.15, -0.1) is 0 Å². The van der Waals surface area contributed by atoms with Crippen molar-refractivity contribution in [2.45, 2.75) is 77.1 Å². The molecular formula is C27H36BN3S. The molecule has 0 bridgehead atoms. The maximum Gasteiger partial charge on any atom is 0.186 e. The van der Waals surface area contributed by atoms with Gasteiger partial charge in [-0.3, -0.25) is 0 Å². The molecule has 0 radical (unpaired) electrons. The van der Waals surface area contributed by atoms with E-state index in [1.807, 2.05) is 0 Å². The number of hydrogen-bond acceptors (Lipinski definition) is 3. The third-order valence-electron chi connectivity index (χ3n) is 9.37. The van der Waals surface area contributed by atoms with Gasteiger partial charge in [-0.05, 0) is 73.5 Å². The van der Waals surface area contributed by atoms with Gasteiger partial charge in [0.05, 0.1) is 5.37 Å². The normalized spacial score (nSPS) is 42.3. The SMILES string of the molecule is c1ccc(B2C3CCCNC3S3(c4ccccc4C4CCCNC43)C3NCCCC23)cc1. The van der Waals surface area contributed by atoms with Crippen molar-refractivity contribution in [1.82, 2.24) is 16.0 Å². The number of fused-ring (bicyclic) bond motifs is 9. The highest BCUT2D eigenvalue weighted by Gasteiger charge is 2.65. The van der Waals surface area contributed by atoms with Crippen LogP contribution in [0, 0.1) is 0 Å². The van der Waals surface area contributed by atoms with Crippen molar-refractivity contribution in [2.75, 3.05) is 19.6 Å². The Morgan fingerprint density at radius 1 is 0.656 bits per heavy atom. The molecule has 3 nitrogen and oxygen atoms in total. The van der Waals surface area contributed by atoms with Crippen LogP contribution in [-0.2, 0) is 0 Å². The largest absolute Gasteiger partial charge is 0.307 e. The van der Waals surface area contributed by atoms with E-state index in [-0.39, 0.29) is 0 Å². The van der Waals surface area contributed by atoms with Gasteiger partial charge in [0, 0.05) is 16.7 Å². The van der Waals surface area contributed by atoms with Crippen molar-refractivity contribution in [1.29, 1.82) is 0 Å². The Morgan fingerprint density at radius 3 is 1.97 bits per heavy atom. The van der Waals surface area contributed by atoms with Crippen LogP contribution in [0.2, 0.25) is 11.6 Å². The van der Waals surface area contributed by atoms with E-state index in [1.54, 1.807) is 15.9 Å². The zero-order valence-electron chi connectivity index (χ0n) is 19.0. The van der Waals surface area contributed by atoms with Gasteiger partial charge in [0.1, 0.15) is 0 Å². The monoisotopic (exact) mass is 445 g/mol. The number of nitrogens with one attached hydrogen (secondary N) is 3. The maximum absolute atomic E-state index is 4.22. The second kappa shape index (κ2) is 7.90. The molecule has 4 fully saturated rings. The predicted octanol–water partition coefficient (Wildman–Crippen LogP) is 4.23. The van der Waals surface area contributed by atoms with E-state index >= 15 is 0 Å². The van der Waals surface area contributed by atoms with E-state index in [9.17, 15) is 0 Å². The molecule has 0 aromatic heterocycles. The van der Waals surface area contributed by atoms with Crippen LogP contribution in [0.4, 0.5) is 0 Å². The number of benzene rings is 2. The topological polar surface area (TPSA) is 36.1 Å². The number of rotatable bonds is 1. The average Bonchev–Trinajstić information content (AvgIpc) is 3.16. The molecule has 3 N–H and O–H groups in total. The van der Waals surface area contributed by atoms with Crippen LogP contribution in [0.25, 0.3) is 0 Å². The van der Waals surface area contributed by atoms with Crippen LogP contribution in [0.3, 0.4) is 0 Å². The summed E-state index contributed by atoms with van der Waals surface area (Å²) in [5.41, 5.74) is 3.29. The van der Waals surface area contributed by atoms with Gasteiger partial charge >= 0.3 is 0 Å². The fraction of sp³-hybridized carbons (Fsp3) is 0.556. The molecule has 7 rings (SSSR count). The predicted molar refractivity (Wildman–Crippen MR) is 137 cm³/mol. The fourth-order valence-electron chi connectivity index (χ4n) is 8.43. The molecule has 2 aromatic rings. The Morgan fingerprint density at radius 2 is 1.25 bits per heavy atom. The first kappa shape index (κ1) is 20.1. The maximum atomic E-state index is 4.22. The minimum absolute atomic E-state index is 0.620. The summed E-state index contributed by atoms with van der Waals surface area (Å²) in [6, 6.07) is 21.3. The first-order chi connectivity index (χ1) is 15.9. The second-order valence-electron chi connectivity index (χ2n) is 10.7. The molecule has 6 atom stereocenters. The summed E-state index contributed by atoms with van der Waals surface area (Å²) in [5.74, 6) is 2.20. The van der Waals surface area contributed by atoms with E-state index in [2.05, 4.69) is 70.5 Å². The molecule has 5 heterocycles. The zero-order valence-corrected chi connectivity index (χ0v) is 19.8. The Balaban J connectivity index is 1.45. The standard InChI is InChI=1S/C27H36BN3S/c1-2-9-19(10-3-1)28-22-13-7-17-30-26(22)32(27-23(28)14-8-18-31-27)24-15-5-4-11-20(24)21-12-6-16-29-25(21)32/h1-5,9-11,15,21-23,25-27,29-31H,6-8,12-14,16-18H2. The van der Waals surface area contributed by atoms with Crippen LogP contribution in [0.15, 0.2) is 59.5 Å². The van der Waals surface area contributed by atoms with Crippen molar-refractivity contribution >= 4 is 22.2 Å². The number of hydrogen-bond donors (Lipinski definition) is 3. The van der Waals surface area contributed by atoms with Gasteiger partial charge in [-0.2, -0.15) is 10.0 Å². The van der Waals surface area contributed by atoms with Crippen molar-refractivity contribution in [3.05, 3.63) is 60.2 Å². The molecule has 4 saturated heterocycles. The summed E-state index contributed by atoms with van der Waals surface area (Å²) >= 11 is 0. The molecule has 168 valence electrons. The lowest BCUT2D eigenvalue weighted by atomic mass is 9.28. The summed E-state index contributed by atoms with van der Waals surface area (Å²) in [6.07, 6.45) is 8.10.